The molecule has 26 heavy (non-hydrogen) atoms. The highest BCUT2D eigenvalue weighted by Crippen LogP contribution is 2.19. The van der Waals surface area contributed by atoms with Crippen molar-refractivity contribution in [2.24, 2.45) is 0 Å². The second-order valence-corrected chi connectivity index (χ2v) is 6.15. The molecule has 0 saturated heterocycles. The van der Waals surface area contributed by atoms with Crippen molar-refractivity contribution in [2.45, 2.75) is 26.2 Å². The smallest absolute Gasteiger partial charge is 0.411 e. The molecule has 0 aliphatic rings. The van der Waals surface area contributed by atoms with Crippen molar-refractivity contribution in [1.29, 1.82) is 0 Å². The maximum atomic E-state index is 13.1. The first kappa shape index (κ1) is 17.7. The lowest BCUT2D eigenvalue weighted by atomic mass is 10.2. The van der Waals surface area contributed by atoms with Gasteiger partial charge in [0, 0.05) is 19.2 Å². The predicted molar refractivity (Wildman–Crippen MR) is 102 cm³/mol. The number of benzene rings is 2. The maximum absolute atomic E-state index is 13.1. The van der Waals surface area contributed by atoms with E-state index in [1.807, 2.05) is 18.2 Å². The van der Waals surface area contributed by atoms with Crippen LogP contribution in [0.3, 0.4) is 0 Å². The number of nitrogens with zero attached hydrogens (tertiary/aromatic N) is 3. The zero-order valence-corrected chi connectivity index (χ0v) is 14.8. The molecule has 6 nitrogen and oxygen atoms in total. The van der Waals surface area contributed by atoms with Crippen LogP contribution in [0, 0.1) is 0 Å². The topological polar surface area (TPSA) is 75.4 Å². The number of aromatic nitrogens is 2. The molecule has 0 fully saturated rings. The van der Waals surface area contributed by atoms with E-state index in [9.17, 15) is 9.59 Å². The minimum Gasteiger partial charge on any atom is -0.465 e. The highest BCUT2D eigenvalue weighted by molar-refractivity contribution is 5.85. The van der Waals surface area contributed by atoms with Gasteiger partial charge in [0.1, 0.15) is 5.82 Å². The lowest BCUT2D eigenvalue weighted by Gasteiger charge is -2.16. The van der Waals surface area contributed by atoms with Crippen LogP contribution in [0.25, 0.3) is 16.6 Å². The summed E-state index contributed by atoms with van der Waals surface area (Å²) in [6.07, 6.45) is 1.61. The molecule has 1 amide bonds. The van der Waals surface area contributed by atoms with E-state index in [-0.39, 0.29) is 5.56 Å². The van der Waals surface area contributed by atoms with Gasteiger partial charge in [-0.2, -0.15) is 0 Å². The molecule has 3 rings (SSSR count). The molecule has 2 aromatic carbocycles. The van der Waals surface area contributed by atoms with Crippen molar-refractivity contribution in [3.8, 4) is 5.69 Å². The molecule has 0 bridgehead atoms. The van der Waals surface area contributed by atoms with Crippen LogP contribution >= 0.6 is 0 Å². The first-order chi connectivity index (χ1) is 12.5. The molecular weight excluding hydrogens is 330 g/mol. The largest absolute Gasteiger partial charge is 0.465 e. The van der Waals surface area contributed by atoms with Crippen LogP contribution in [0.15, 0.2) is 53.3 Å². The molecule has 0 radical (unpaired) electrons. The second kappa shape index (κ2) is 7.39. The highest BCUT2D eigenvalue weighted by Gasteiger charge is 2.13. The first-order valence-corrected chi connectivity index (χ1v) is 8.60. The fourth-order valence-electron chi connectivity index (χ4n) is 2.88. The molecule has 0 saturated carbocycles. The van der Waals surface area contributed by atoms with Crippen LogP contribution in [-0.4, -0.2) is 27.8 Å². The Balaban J connectivity index is 2.14. The Hall–Kier alpha value is -3.15. The molecule has 6 heteroatoms. The van der Waals surface area contributed by atoms with Crippen LogP contribution in [0.4, 0.5) is 10.5 Å². The summed E-state index contributed by atoms with van der Waals surface area (Å²) in [6, 6.07) is 14.2. The average molecular weight is 351 g/mol. The molecular formula is C20H21N3O3. The van der Waals surface area contributed by atoms with Crippen molar-refractivity contribution in [3.05, 3.63) is 64.7 Å². The molecule has 1 aromatic heterocycles. The molecule has 1 N–H and O–H groups in total. The number of anilines is 1. The SMILES string of the molecule is CCCCc1nc2ccccc2c(=O)n1-c1ccc(N(C)C(=O)O)cc1. The standard InChI is InChI=1S/C20H21N3O3/c1-3-4-9-18-21-17-8-6-5-7-16(17)19(24)23(18)15-12-10-14(11-13-15)22(2)20(25)26/h5-8,10-13H,3-4,9H2,1-2H3,(H,25,26). The molecule has 134 valence electrons. The number of fused-ring (bicyclic) bond motifs is 1. The molecule has 0 atom stereocenters. The first-order valence-electron chi connectivity index (χ1n) is 8.60. The molecule has 0 unspecified atom stereocenters. The Kier molecular flexibility index (Phi) is 5.02. The average Bonchev–Trinajstić information content (AvgIpc) is 2.66. The number of carbonyl (C=O) groups is 1. The minimum atomic E-state index is -1.04. The van der Waals surface area contributed by atoms with Gasteiger partial charge in [0.15, 0.2) is 0 Å². The van der Waals surface area contributed by atoms with Gasteiger partial charge in [-0.1, -0.05) is 25.5 Å². The van der Waals surface area contributed by atoms with E-state index < -0.39 is 6.09 Å². The van der Waals surface area contributed by atoms with Crippen LogP contribution in [0.2, 0.25) is 0 Å². The molecule has 3 aromatic rings. The monoisotopic (exact) mass is 351 g/mol. The third kappa shape index (κ3) is 3.31. The van der Waals surface area contributed by atoms with Gasteiger partial charge in [-0.3, -0.25) is 14.3 Å². The Morgan fingerprint density at radius 1 is 1.15 bits per heavy atom. The fourth-order valence-corrected chi connectivity index (χ4v) is 2.88. The molecule has 0 aliphatic heterocycles. The lowest BCUT2D eigenvalue weighted by Crippen LogP contribution is -2.25. The van der Waals surface area contributed by atoms with Crippen molar-refractivity contribution < 1.29 is 9.90 Å². The summed E-state index contributed by atoms with van der Waals surface area (Å²) in [6.45, 7) is 2.10. The number of unbranched alkanes of at least 4 members (excludes halogenated alkanes) is 1. The number of hydrogen-bond acceptors (Lipinski definition) is 3. The van der Waals surface area contributed by atoms with Gasteiger partial charge < -0.3 is 5.11 Å². The van der Waals surface area contributed by atoms with E-state index in [0.717, 1.165) is 23.6 Å². The van der Waals surface area contributed by atoms with Crippen LogP contribution < -0.4 is 10.5 Å². The summed E-state index contributed by atoms with van der Waals surface area (Å²) in [5.41, 5.74) is 1.81. The quantitative estimate of drug-likeness (QED) is 0.758. The van der Waals surface area contributed by atoms with Gasteiger partial charge in [-0.05, 0) is 42.8 Å². The number of rotatable bonds is 5. The molecule has 1 heterocycles. The fraction of sp³-hybridized carbons (Fsp3) is 0.250. The summed E-state index contributed by atoms with van der Waals surface area (Å²) in [5.74, 6) is 0.717. The third-order valence-electron chi connectivity index (χ3n) is 4.38. The predicted octanol–water partition coefficient (Wildman–Crippen LogP) is 3.84. The summed E-state index contributed by atoms with van der Waals surface area (Å²) >= 11 is 0. The maximum Gasteiger partial charge on any atom is 0.411 e. The third-order valence-corrected chi connectivity index (χ3v) is 4.38. The number of para-hydroxylation sites is 1. The van der Waals surface area contributed by atoms with Crippen LogP contribution in [-0.2, 0) is 6.42 Å². The summed E-state index contributed by atoms with van der Waals surface area (Å²) in [5, 5.41) is 9.66. The van der Waals surface area contributed by atoms with E-state index in [1.165, 1.54) is 7.05 Å². The number of aryl methyl sites for hydroxylation is 1. The summed E-state index contributed by atoms with van der Waals surface area (Å²) in [4.78, 5) is 30.0. The van der Waals surface area contributed by atoms with Crippen LogP contribution in [0.5, 0.6) is 0 Å². The van der Waals surface area contributed by atoms with E-state index in [4.69, 9.17) is 10.1 Å². The Morgan fingerprint density at radius 3 is 2.50 bits per heavy atom. The summed E-state index contributed by atoms with van der Waals surface area (Å²) < 4.78 is 1.63. The van der Waals surface area contributed by atoms with Gasteiger partial charge in [-0.15, -0.1) is 0 Å². The number of carboxylic acid groups (broad SMARTS) is 1. The Labute approximate surface area is 151 Å². The van der Waals surface area contributed by atoms with Gasteiger partial charge in [0.2, 0.25) is 0 Å². The number of amides is 1. The summed E-state index contributed by atoms with van der Waals surface area (Å²) in [7, 11) is 1.48. The van der Waals surface area contributed by atoms with Gasteiger partial charge in [0.05, 0.1) is 16.6 Å². The number of hydrogen-bond donors (Lipinski definition) is 1. The van der Waals surface area contributed by atoms with E-state index in [2.05, 4.69) is 6.92 Å². The Bertz CT molecular complexity index is 993. The van der Waals surface area contributed by atoms with Crippen molar-refractivity contribution in [1.82, 2.24) is 9.55 Å². The minimum absolute atomic E-state index is 0.110. The molecule has 0 spiro atoms. The van der Waals surface area contributed by atoms with E-state index in [1.54, 1.807) is 34.9 Å². The van der Waals surface area contributed by atoms with E-state index in [0.29, 0.717) is 28.7 Å². The zero-order valence-electron chi connectivity index (χ0n) is 14.8. The van der Waals surface area contributed by atoms with Crippen LogP contribution in [0.1, 0.15) is 25.6 Å². The lowest BCUT2D eigenvalue weighted by molar-refractivity contribution is 0.203. The molecule has 0 aliphatic carbocycles. The van der Waals surface area contributed by atoms with Gasteiger partial charge >= 0.3 is 6.09 Å². The van der Waals surface area contributed by atoms with Crippen molar-refractivity contribution in [2.75, 3.05) is 11.9 Å². The Morgan fingerprint density at radius 2 is 1.85 bits per heavy atom. The second-order valence-electron chi connectivity index (χ2n) is 6.15. The van der Waals surface area contributed by atoms with Gasteiger partial charge in [0.25, 0.3) is 5.56 Å². The highest BCUT2D eigenvalue weighted by atomic mass is 16.4. The van der Waals surface area contributed by atoms with Crippen molar-refractivity contribution >= 4 is 22.7 Å². The normalized spacial score (nSPS) is 10.8. The van der Waals surface area contributed by atoms with Gasteiger partial charge in [-0.25, -0.2) is 9.78 Å². The zero-order chi connectivity index (χ0) is 18.7. The van der Waals surface area contributed by atoms with Crippen molar-refractivity contribution in [3.63, 3.8) is 0 Å². The van der Waals surface area contributed by atoms with E-state index >= 15 is 0 Å².